The summed E-state index contributed by atoms with van der Waals surface area (Å²) in [5, 5.41) is 1.16. The van der Waals surface area contributed by atoms with Gasteiger partial charge in [0.25, 0.3) is 5.91 Å². The molecule has 0 bridgehead atoms. The van der Waals surface area contributed by atoms with Crippen LogP contribution >= 0.6 is 11.3 Å². The standard InChI is InChI=1S/C37H47NO13S/c1-5-35(40)49-23-19-43-17-21-47-27(3)45-15-13-38(14-16-46-28(4)48-22-18-44-20-24-50-36(41)6-2)34(39)26-51-29-11-12-33-31(25-29)37(42)30-9-7-8-10-32(30)52-33/h5-12,25,27-28H,1-2,13-24,26H2,3-4H3. The molecule has 1 heterocycles. The number of fused-ring (bicyclic) bond motifs is 2. The minimum absolute atomic E-state index is 0.0918. The number of ether oxygens (including phenoxy) is 9. The first-order valence-electron chi connectivity index (χ1n) is 16.8. The lowest BCUT2D eigenvalue weighted by atomic mass is 10.2. The first kappa shape index (κ1) is 42.2. The number of amides is 1. The lowest BCUT2D eigenvalue weighted by Crippen LogP contribution is -2.40. The van der Waals surface area contributed by atoms with Gasteiger partial charge in [-0.3, -0.25) is 9.59 Å². The number of nitrogens with zero attached hydrogens (tertiary/aromatic N) is 1. The van der Waals surface area contributed by atoms with Crippen LogP contribution in [0.1, 0.15) is 13.8 Å². The first-order valence-corrected chi connectivity index (χ1v) is 17.6. The molecule has 0 aliphatic heterocycles. The Morgan fingerprint density at radius 1 is 0.692 bits per heavy atom. The van der Waals surface area contributed by atoms with Gasteiger partial charge in [-0.1, -0.05) is 25.3 Å². The lowest BCUT2D eigenvalue weighted by molar-refractivity contribution is -0.156. The van der Waals surface area contributed by atoms with Crippen LogP contribution in [0.25, 0.3) is 20.2 Å². The highest BCUT2D eigenvalue weighted by Gasteiger charge is 2.17. The van der Waals surface area contributed by atoms with Gasteiger partial charge in [0, 0.05) is 45.4 Å². The Kier molecular flexibility index (Phi) is 19.6. The molecule has 2 unspecified atom stereocenters. The molecule has 0 fully saturated rings. The fraction of sp³-hybridized carbons (Fsp3) is 0.459. The van der Waals surface area contributed by atoms with Gasteiger partial charge in [0.05, 0.1) is 52.9 Å². The van der Waals surface area contributed by atoms with Crippen LogP contribution in [0.2, 0.25) is 0 Å². The van der Waals surface area contributed by atoms with Gasteiger partial charge in [0.15, 0.2) is 24.6 Å². The van der Waals surface area contributed by atoms with Crippen LogP contribution in [0.15, 0.2) is 72.6 Å². The van der Waals surface area contributed by atoms with Crippen molar-refractivity contribution in [1.29, 1.82) is 0 Å². The molecular weight excluding hydrogens is 698 g/mol. The van der Waals surface area contributed by atoms with Crippen molar-refractivity contribution >= 4 is 49.4 Å². The van der Waals surface area contributed by atoms with Crippen LogP contribution in [0, 0.1) is 0 Å². The zero-order valence-electron chi connectivity index (χ0n) is 29.6. The van der Waals surface area contributed by atoms with E-state index in [-0.39, 0.29) is 97.1 Å². The Morgan fingerprint density at radius 2 is 1.21 bits per heavy atom. The smallest absolute Gasteiger partial charge is 0.330 e. The van der Waals surface area contributed by atoms with E-state index in [4.69, 9.17) is 42.6 Å². The lowest BCUT2D eigenvalue weighted by Gasteiger charge is -2.24. The van der Waals surface area contributed by atoms with Crippen LogP contribution in [0.5, 0.6) is 5.75 Å². The molecule has 14 nitrogen and oxygen atoms in total. The van der Waals surface area contributed by atoms with Crippen LogP contribution in [-0.2, 0) is 52.3 Å². The Bertz CT molecular complexity index is 1600. The van der Waals surface area contributed by atoms with Gasteiger partial charge in [-0.25, -0.2) is 9.59 Å². The summed E-state index contributed by atoms with van der Waals surface area (Å²) in [6.07, 6.45) is 1.01. The number of hydrogen-bond donors (Lipinski definition) is 0. The van der Waals surface area contributed by atoms with Gasteiger partial charge in [-0.05, 0) is 44.2 Å². The average molecular weight is 746 g/mol. The largest absolute Gasteiger partial charge is 0.484 e. The monoisotopic (exact) mass is 745 g/mol. The fourth-order valence-corrected chi connectivity index (χ4v) is 5.55. The molecule has 2 atom stereocenters. The predicted molar refractivity (Wildman–Crippen MR) is 194 cm³/mol. The summed E-state index contributed by atoms with van der Waals surface area (Å²) in [5.74, 6) is -0.936. The van der Waals surface area contributed by atoms with Crippen LogP contribution in [-0.4, -0.2) is 121 Å². The summed E-state index contributed by atoms with van der Waals surface area (Å²) in [5.41, 5.74) is -0.0918. The van der Waals surface area contributed by atoms with Gasteiger partial charge in [0.1, 0.15) is 19.0 Å². The maximum absolute atomic E-state index is 13.4. The maximum atomic E-state index is 13.4. The van der Waals surface area contributed by atoms with Gasteiger partial charge >= 0.3 is 11.9 Å². The van der Waals surface area contributed by atoms with E-state index in [0.29, 0.717) is 16.5 Å². The molecule has 284 valence electrons. The van der Waals surface area contributed by atoms with E-state index in [1.165, 1.54) is 11.3 Å². The number of benzene rings is 2. The van der Waals surface area contributed by atoms with Gasteiger partial charge < -0.3 is 47.5 Å². The molecule has 3 aromatic rings. The third-order valence-electron chi connectivity index (χ3n) is 7.13. The Morgan fingerprint density at radius 3 is 1.79 bits per heavy atom. The summed E-state index contributed by atoms with van der Waals surface area (Å²) in [4.78, 5) is 50.1. The number of hydrogen-bond acceptors (Lipinski definition) is 14. The number of rotatable bonds is 27. The van der Waals surface area contributed by atoms with Crippen molar-refractivity contribution in [3.8, 4) is 5.75 Å². The van der Waals surface area contributed by atoms with Crippen LogP contribution in [0.3, 0.4) is 0 Å². The van der Waals surface area contributed by atoms with E-state index in [1.54, 1.807) is 36.9 Å². The molecule has 0 radical (unpaired) electrons. The van der Waals surface area contributed by atoms with E-state index in [1.807, 2.05) is 24.3 Å². The second-order valence-corrected chi connectivity index (χ2v) is 11.9. The van der Waals surface area contributed by atoms with Crippen molar-refractivity contribution in [3.63, 3.8) is 0 Å². The predicted octanol–water partition coefficient (Wildman–Crippen LogP) is 3.87. The third kappa shape index (κ3) is 15.6. The van der Waals surface area contributed by atoms with E-state index in [9.17, 15) is 19.2 Å². The molecule has 15 heteroatoms. The number of esters is 2. The molecule has 0 aliphatic carbocycles. The first-order chi connectivity index (χ1) is 25.2. The summed E-state index contributed by atoms with van der Waals surface area (Å²) in [6.45, 7) is 12.3. The summed E-state index contributed by atoms with van der Waals surface area (Å²) in [6, 6.07) is 12.7. The highest BCUT2D eigenvalue weighted by molar-refractivity contribution is 7.24. The van der Waals surface area contributed by atoms with Crippen molar-refractivity contribution in [2.24, 2.45) is 0 Å². The normalized spacial score (nSPS) is 12.3. The molecule has 52 heavy (non-hydrogen) atoms. The topological polar surface area (TPSA) is 155 Å². The molecule has 1 aromatic heterocycles. The van der Waals surface area contributed by atoms with Crippen LogP contribution < -0.4 is 10.2 Å². The molecular formula is C37H47NO13S. The minimum atomic E-state index is -0.577. The molecule has 3 rings (SSSR count). The van der Waals surface area contributed by atoms with Crippen molar-refractivity contribution < 1.29 is 57.0 Å². The second-order valence-electron chi connectivity index (χ2n) is 10.8. The minimum Gasteiger partial charge on any atom is -0.484 e. The molecule has 0 saturated carbocycles. The Hall–Kier alpha value is -4.22. The van der Waals surface area contributed by atoms with E-state index >= 15 is 0 Å². The van der Waals surface area contributed by atoms with Crippen molar-refractivity contribution in [2.75, 3.05) is 85.8 Å². The summed E-state index contributed by atoms with van der Waals surface area (Å²) in [7, 11) is 0. The average Bonchev–Trinajstić information content (AvgIpc) is 3.15. The molecule has 0 aliphatic rings. The van der Waals surface area contributed by atoms with Crippen molar-refractivity contribution in [2.45, 2.75) is 26.4 Å². The Labute approximate surface area is 306 Å². The summed E-state index contributed by atoms with van der Waals surface area (Å²) >= 11 is 1.52. The van der Waals surface area contributed by atoms with Crippen molar-refractivity contribution in [3.05, 3.63) is 78.0 Å². The number of carbonyl (C=O) groups is 3. The second kappa shape index (κ2) is 24.1. The SMILES string of the molecule is C=CC(=O)OCCOCCOC(C)OCCN(CCOC(C)OCCOCCOC(=O)C=C)C(=O)COc1ccc2sc3ccccc3c(=O)c2c1. The zero-order chi connectivity index (χ0) is 37.6. The molecule has 2 aromatic carbocycles. The third-order valence-corrected chi connectivity index (χ3v) is 8.28. The van der Waals surface area contributed by atoms with E-state index < -0.39 is 24.5 Å². The van der Waals surface area contributed by atoms with E-state index in [0.717, 1.165) is 21.6 Å². The summed E-state index contributed by atoms with van der Waals surface area (Å²) < 4.78 is 50.7. The number of carbonyl (C=O) groups excluding carboxylic acids is 3. The van der Waals surface area contributed by atoms with Gasteiger partial charge in [-0.15, -0.1) is 11.3 Å². The Balaban J connectivity index is 1.47. The van der Waals surface area contributed by atoms with Gasteiger partial charge in [0.2, 0.25) is 0 Å². The van der Waals surface area contributed by atoms with Gasteiger partial charge in [-0.2, -0.15) is 0 Å². The highest BCUT2D eigenvalue weighted by atomic mass is 32.1. The molecule has 1 amide bonds. The van der Waals surface area contributed by atoms with Crippen molar-refractivity contribution in [1.82, 2.24) is 4.90 Å². The molecule has 0 spiro atoms. The highest BCUT2D eigenvalue weighted by Crippen LogP contribution is 2.27. The quantitative estimate of drug-likeness (QED) is 0.0365. The molecule has 0 N–H and O–H groups in total. The van der Waals surface area contributed by atoms with Crippen LogP contribution in [0.4, 0.5) is 0 Å². The maximum Gasteiger partial charge on any atom is 0.330 e. The van der Waals surface area contributed by atoms with E-state index in [2.05, 4.69) is 13.2 Å². The zero-order valence-corrected chi connectivity index (χ0v) is 30.4. The molecule has 0 saturated heterocycles. The fourth-order valence-electron chi connectivity index (χ4n) is 4.49.